The van der Waals surface area contributed by atoms with Gasteiger partial charge >= 0.3 is 5.97 Å². The summed E-state index contributed by atoms with van der Waals surface area (Å²) in [5.74, 6) is -0.957. The maximum Gasteiger partial charge on any atom is 0.303 e. The molecule has 1 saturated heterocycles. The van der Waals surface area contributed by atoms with Crippen molar-refractivity contribution in [2.75, 3.05) is 19.7 Å². The monoisotopic (exact) mass is 245 g/mol. The largest absolute Gasteiger partial charge is 0.481 e. The van der Waals surface area contributed by atoms with E-state index in [0.717, 1.165) is 0 Å². The normalized spacial score (nSPS) is 24.7. The van der Waals surface area contributed by atoms with E-state index in [1.807, 2.05) is 6.92 Å². The number of hydrogen-bond donors (Lipinski definition) is 2. The van der Waals surface area contributed by atoms with Crippen LogP contribution in [0.2, 0.25) is 0 Å². The van der Waals surface area contributed by atoms with Crippen LogP contribution in [-0.2, 0) is 14.3 Å². The Morgan fingerprint density at radius 1 is 1.35 bits per heavy atom. The molecule has 1 fully saturated rings. The molecule has 1 rings (SSSR count). The molecule has 1 heterocycles. The highest BCUT2D eigenvalue weighted by atomic mass is 16.5. The fourth-order valence-corrected chi connectivity index (χ4v) is 1.90. The molecule has 0 aromatic carbocycles. The highest BCUT2D eigenvalue weighted by Crippen LogP contribution is 2.12. The van der Waals surface area contributed by atoms with Crippen LogP contribution in [0.5, 0.6) is 0 Å². The second-order valence-corrected chi connectivity index (χ2v) is 4.30. The van der Waals surface area contributed by atoms with Gasteiger partial charge in [0.25, 0.3) is 0 Å². The number of amides is 1. The van der Waals surface area contributed by atoms with Crippen molar-refractivity contribution in [2.24, 2.45) is 0 Å². The summed E-state index contributed by atoms with van der Waals surface area (Å²) in [6.07, 6.45) is 0.169. The number of aliphatic hydroxyl groups excluding tert-OH is 1. The summed E-state index contributed by atoms with van der Waals surface area (Å²) in [5, 5.41) is 17.5. The third-order valence-electron chi connectivity index (χ3n) is 2.66. The van der Waals surface area contributed by atoms with Crippen LogP contribution in [0.1, 0.15) is 26.2 Å². The smallest absolute Gasteiger partial charge is 0.303 e. The van der Waals surface area contributed by atoms with Crippen LogP contribution < -0.4 is 0 Å². The molecule has 0 spiro atoms. The molecule has 6 heteroatoms. The van der Waals surface area contributed by atoms with E-state index in [-0.39, 0.29) is 37.6 Å². The van der Waals surface area contributed by atoms with Gasteiger partial charge in [0.05, 0.1) is 18.8 Å². The van der Waals surface area contributed by atoms with E-state index in [9.17, 15) is 9.59 Å². The zero-order valence-corrected chi connectivity index (χ0v) is 9.96. The Bertz CT molecular complexity index is 281. The molecule has 98 valence electrons. The molecular formula is C11H19NO5. The van der Waals surface area contributed by atoms with Crippen LogP contribution in [0.25, 0.3) is 0 Å². The summed E-state index contributed by atoms with van der Waals surface area (Å²) in [5.41, 5.74) is 0. The lowest BCUT2D eigenvalue weighted by Crippen LogP contribution is -2.50. The Labute approximate surface area is 100 Å². The van der Waals surface area contributed by atoms with Gasteiger partial charge in [0.1, 0.15) is 0 Å². The molecule has 1 aliphatic rings. The molecule has 0 aromatic heterocycles. The average molecular weight is 245 g/mol. The van der Waals surface area contributed by atoms with Crippen molar-refractivity contribution in [3.63, 3.8) is 0 Å². The SMILES string of the molecule is CC1CN(C(=O)CCCC(=O)O)CC(CO)O1. The summed E-state index contributed by atoms with van der Waals surface area (Å²) >= 11 is 0. The zero-order chi connectivity index (χ0) is 12.8. The molecule has 0 saturated carbocycles. The van der Waals surface area contributed by atoms with Crippen LogP contribution in [0.3, 0.4) is 0 Å². The van der Waals surface area contributed by atoms with E-state index in [2.05, 4.69) is 0 Å². The van der Waals surface area contributed by atoms with Gasteiger partial charge in [-0.15, -0.1) is 0 Å². The molecule has 1 amide bonds. The first-order valence-corrected chi connectivity index (χ1v) is 5.78. The van der Waals surface area contributed by atoms with Crippen molar-refractivity contribution >= 4 is 11.9 Å². The van der Waals surface area contributed by atoms with Crippen LogP contribution in [0.15, 0.2) is 0 Å². The molecule has 0 aliphatic carbocycles. The van der Waals surface area contributed by atoms with Crippen LogP contribution in [-0.4, -0.2) is 58.9 Å². The van der Waals surface area contributed by atoms with Gasteiger partial charge in [-0.2, -0.15) is 0 Å². The average Bonchev–Trinajstić information content (AvgIpc) is 2.27. The molecule has 0 bridgehead atoms. The standard InChI is InChI=1S/C11H19NO5/c1-8-5-12(6-9(7-13)17-8)10(14)3-2-4-11(15)16/h8-9,13H,2-7H2,1H3,(H,15,16). The quantitative estimate of drug-likeness (QED) is 0.703. The van der Waals surface area contributed by atoms with Gasteiger partial charge in [0, 0.05) is 25.9 Å². The minimum Gasteiger partial charge on any atom is -0.481 e. The van der Waals surface area contributed by atoms with Gasteiger partial charge in [-0.05, 0) is 13.3 Å². The van der Waals surface area contributed by atoms with E-state index >= 15 is 0 Å². The lowest BCUT2D eigenvalue weighted by atomic mass is 10.1. The van der Waals surface area contributed by atoms with Crippen LogP contribution in [0, 0.1) is 0 Å². The molecule has 6 nitrogen and oxygen atoms in total. The van der Waals surface area contributed by atoms with Gasteiger partial charge in [-0.1, -0.05) is 0 Å². The van der Waals surface area contributed by atoms with Crippen molar-refractivity contribution in [2.45, 2.75) is 38.4 Å². The molecular weight excluding hydrogens is 226 g/mol. The maximum absolute atomic E-state index is 11.8. The molecule has 1 aliphatic heterocycles. The molecule has 2 unspecified atom stereocenters. The topological polar surface area (TPSA) is 87.1 Å². The number of ether oxygens (including phenoxy) is 1. The van der Waals surface area contributed by atoms with Crippen molar-refractivity contribution in [1.82, 2.24) is 4.90 Å². The number of carbonyl (C=O) groups is 2. The van der Waals surface area contributed by atoms with E-state index < -0.39 is 5.97 Å². The zero-order valence-electron chi connectivity index (χ0n) is 9.96. The highest BCUT2D eigenvalue weighted by molar-refractivity contribution is 5.77. The van der Waals surface area contributed by atoms with Gasteiger partial charge in [-0.25, -0.2) is 0 Å². The van der Waals surface area contributed by atoms with Crippen molar-refractivity contribution in [1.29, 1.82) is 0 Å². The Kier molecular flexibility index (Phi) is 5.37. The molecule has 2 N–H and O–H groups in total. The Morgan fingerprint density at radius 3 is 2.65 bits per heavy atom. The first-order chi connectivity index (χ1) is 8.02. The number of hydrogen-bond acceptors (Lipinski definition) is 4. The fraction of sp³-hybridized carbons (Fsp3) is 0.818. The summed E-state index contributed by atoms with van der Waals surface area (Å²) in [6, 6.07) is 0. The second-order valence-electron chi connectivity index (χ2n) is 4.30. The number of aliphatic hydroxyl groups is 1. The number of morpholine rings is 1. The second kappa shape index (κ2) is 6.56. The minimum absolute atomic E-state index is 0.00899. The predicted molar refractivity (Wildman–Crippen MR) is 59.5 cm³/mol. The van der Waals surface area contributed by atoms with Crippen molar-refractivity contribution < 1.29 is 24.5 Å². The lowest BCUT2D eigenvalue weighted by molar-refractivity contribution is -0.147. The van der Waals surface area contributed by atoms with Crippen molar-refractivity contribution in [3.8, 4) is 0 Å². The van der Waals surface area contributed by atoms with E-state index in [1.54, 1.807) is 4.90 Å². The van der Waals surface area contributed by atoms with E-state index in [4.69, 9.17) is 14.9 Å². The maximum atomic E-state index is 11.8. The number of rotatable bonds is 5. The first kappa shape index (κ1) is 13.9. The molecule has 0 radical (unpaired) electrons. The third-order valence-corrected chi connectivity index (χ3v) is 2.66. The summed E-state index contributed by atoms with van der Waals surface area (Å²) < 4.78 is 5.42. The van der Waals surface area contributed by atoms with E-state index in [1.165, 1.54) is 0 Å². The predicted octanol–water partition coefficient (Wildman–Crippen LogP) is -0.151. The first-order valence-electron chi connectivity index (χ1n) is 5.78. The lowest BCUT2D eigenvalue weighted by Gasteiger charge is -2.36. The number of aliphatic carboxylic acids is 1. The van der Waals surface area contributed by atoms with Gasteiger partial charge < -0.3 is 19.8 Å². The van der Waals surface area contributed by atoms with Crippen molar-refractivity contribution in [3.05, 3.63) is 0 Å². The Morgan fingerprint density at radius 2 is 2.06 bits per heavy atom. The summed E-state index contributed by atoms with van der Waals surface area (Å²) in [7, 11) is 0. The molecule has 2 atom stereocenters. The summed E-state index contributed by atoms with van der Waals surface area (Å²) in [4.78, 5) is 23.7. The number of nitrogens with zero attached hydrogens (tertiary/aromatic N) is 1. The summed E-state index contributed by atoms with van der Waals surface area (Å²) in [6.45, 7) is 2.62. The van der Waals surface area contributed by atoms with Crippen LogP contribution in [0.4, 0.5) is 0 Å². The van der Waals surface area contributed by atoms with Gasteiger partial charge in [-0.3, -0.25) is 9.59 Å². The van der Waals surface area contributed by atoms with Gasteiger partial charge in [0.2, 0.25) is 5.91 Å². The number of carbonyl (C=O) groups excluding carboxylic acids is 1. The third kappa shape index (κ3) is 4.70. The fourth-order valence-electron chi connectivity index (χ4n) is 1.90. The Balaban J connectivity index is 2.37. The van der Waals surface area contributed by atoms with E-state index in [0.29, 0.717) is 19.5 Å². The molecule has 0 aromatic rings. The minimum atomic E-state index is -0.888. The van der Waals surface area contributed by atoms with Gasteiger partial charge in [0.15, 0.2) is 0 Å². The highest BCUT2D eigenvalue weighted by Gasteiger charge is 2.27. The molecule has 17 heavy (non-hydrogen) atoms. The number of carboxylic acid groups (broad SMARTS) is 1. The van der Waals surface area contributed by atoms with Crippen LogP contribution >= 0.6 is 0 Å². The Hall–Kier alpha value is -1.14. The number of carboxylic acids is 1.